The molecule has 0 unspecified atom stereocenters. The summed E-state index contributed by atoms with van der Waals surface area (Å²) in [4.78, 5) is 14.2. The number of likely N-dealkylation sites (tertiary alicyclic amines) is 1. The van der Waals surface area contributed by atoms with E-state index in [-0.39, 0.29) is 11.9 Å². The zero-order valence-corrected chi connectivity index (χ0v) is 11.2. The van der Waals surface area contributed by atoms with Crippen molar-refractivity contribution >= 4 is 5.91 Å². The van der Waals surface area contributed by atoms with Gasteiger partial charge in [0.05, 0.1) is 24.2 Å². The quantitative estimate of drug-likeness (QED) is 0.837. The van der Waals surface area contributed by atoms with Crippen molar-refractivity contribution in [2.45, 2.75) is 18.9 Å². The van der Waals surface area contributed by atoms with Crippen LogP contribution < -0.4 is 5.32 Å². The minimum Gasteiger partial charge on any atom is -0.349 e. The van der Waals surface area contributed by atoms with Crippen LogP contribution in [-0.2, 0) is 0 Å². The molecule has 1 aromatic rings. The number of hydrogen-bond donors (Lipinski definition) is 1. The van der Waals surface area contributed by atoms with Gasteiger partial charge in [0.1, 0.15) is 0 Å². The van der Waals surface area contributed by atoms with Gasteiger partial charge in [-0.05, 0) is 31.0 Å². The smallest absolute Gasteiger partial charge is 0.251 e. The number of benzene rings is 1. The number of amides is 1. The first-order chi connectivity index (χ1) is 9.72. The summed E-state index contributed by atoms with van der Waals surface area (Å²) in [6, 6.07) is 11.0. The van der Waals surface area contributed by atoms with Gasteiger partial charge in [0.15, 0.2) is 0 Å². The number of nitrogens with one attached hydrogen (secondary N) is 1. The van der Waals surface area contributed by atoms with Gasteiger partial charge >= 0.3 is 0 Å². The Morgan fingerprint density at radius 3 is 2.75 bits per heavy atom. The topological polar surface area (TPSA) is 79.9 Å². The zero-order valence-electron chi connectivity index (χ0n) is 11.2. The van der Waals surface area contributed by atoms with Crippen LogP contribution in [0.25, 0.3) is 0 Å². The highest BCUT2D eigenvalue weighted by molar-refractivity contribution is 5.94. The predicted octanol–water partition coefficient (Wildman–Crippen LogP) is 1.28. The van der Waals surface area contributed by atoms with E-state index in [0.717, 1.165) is 25.9 Å². The van der Waals surface area contributed by atoms with E-state index in [1.807, 2.05) is 6.07 Å². The summed E-state index contributed by atoms with van der Waals surface area (Å²) in [5.74, 6) is -0.138. The van der Waals surface area contributed by atoms with Crippen LogP contribution in [-0.4, -0.2) is 36.5 Å². The third-order valence-corrected chi connectivity index (χ3v) is 3.47. The third kappa shape index (κ3) is 3.57. The summed E-state index contributed by atoms with van der Waals surface area (Å²) in [7, 11) is 0. The lowest BCUT2D eigenvalue weighted by molar-refractivity contribution is 0.0914. The second kappa shape index (κ2) is 6.70. The summed E-state index contributed by atoms with van der Waals surface area (Å²) >= 11 is 0. The van der Waals surface area contributed by atoms with Gasteiger partial charge in [-0.2, -0.15) is 10.5 Å². The molecule has 5 nitrogen and oxygen atoms in total. The van der Waals surface area contributed by atoms with Crippen molar-refractivity contribution in [1.82, 2.24) is 10.2 Å². The van der Waals surface area contributed by atoms with Gasteiger partial charge in [-0.25, -0.2) is 0 Å². The molecule has 0 spiro atoms. The first kappa shape index (κ1) is 14.0. The van der Waals surface area contributed by atoms with Gasteiger partial charge in [0.25, 0.3) is 5.91 Å². The fourth-order valence-electron chi connectivity index (χ4n) is 2.33. The summed E-state index contributed by atoms with van der Waals surface area (Å²) < 4.78 is 0. The maximum Gasteiger partial charge on any atom is 0.251 e. The van der Waals surface area contributed by atoms with Crippen molar-refractivity contribution < 1.29 is 4.79 Å². The molecule has 0 aromatic heterocycles. The zero-order chi connectivity index (χ0) is 14.4. The van der Waals surface area contributed by atoms with Gasteiger partial charge < -0.3 is 5.32 Å². The molecule has 1 aliphatic rings. The van der Waals surface area contributed by atoms with Gasteiger partial charge in [-0.1, -0.05) is 6.07 Å². The van der Waals surface area contributed by atoms with Crippen molar-refractivity contribution in [3.05, 3.63) is 35.4 Å². The lowest BCUT2D eigenvalue weighted by atomic mass is 10.0. The molecule has 1 fully saturated rings. The Morgan fingerprint density at radius 1 is 1.35 bits per heavy atom. The molecule has 0 saturated carbocycles. The molecule has 20 heavy (non-hydrogen) atoms. The highest BCUT2D eigenvalue weighted by Crippen LogP contribution is 2.11. The van der Waals surface area contributed by atoms with Crippen LogP contribution in [0.4, 0.5) is 0 Å². The van der Waals surface area contributed by atoms with Gasteiger partial charge in [-0.15, -0.1) is 0 Å². The van der Waals surface area contributed by atoms with Gasteiger partial charge in [0, 0.05) is 24.7 Å². The number of carbonyl (C=O) groups is 1. The Balaban J connectivity index is 1.90. The number of nitriles is 2. The molecular formula is C15H16N4O. The first-order valence-corrected chi connectivity index (χ1v) is 6.63. The number of carbonyl (C=O) groups excluding carboxylic acids is 1. The van der Waals surface area contributed by atoms with Crippen molar-refractivity contribution in [1.29, 1.82) is 10.5 Å². The van der Waals surface area contributed by atoms with Crippen molar-refractivity contribution in [3.63, 3.8) is 0 Å². The standard InChI is InChI=1S/C15H16N4O/c16-6-9-19-7-4-14(5-8-19)18-15(20)13-3-1-2-12(10-13)11-17/h1-3,10,14H,4-5,7-9H2,(H,18,20). The van der Waals surface area contributed by atoms with E-state index >= 15 is 0 Å². The van der Waals surface area contributed by atoms with E-state index in [4.69, 9.17) is 10.5 Å². The molecular weight excluding hydrogens is 252 g/mol. The third-order valence-electron chi connectivity index (χ3n) is 3.47. The second-order valence-electron chi connectivity index (χ2n) is 4.87. The maximum atomic E-state index is 12.1. The predicted molar refractivity (Wildman–Crippen MR) is 73.7 cm³/mol. The molecule has 5 heteroatoms. The van der Waals surface area contributed by atoms with Crippen LogP contribution >= 0.6 is 0 Å². The van der Waals surface area contributed by atoms with Crippen LogP contribution in [0.1, 0.15) is 28.8 Å². The highest BCUT2D eigenvalue weighted by Gasteiger charge is 2.20. The van der Waals surface area contributed by atoms with Crippen molar-refractivity contribution in [2.24, 2.45) is 0 Å². The Bertz CT molecular complexity index is 562. The molecule has 0 bridgehead atoms. The Kier molecular flexibility index (Phi) is 4.70. The largest absolute Gasteiger partial charge is 0.349 e. The van der Waals surface area contributed by atoms with Gasteiger partial charge in [-0.3, -0.25) is 9.69 Å². The normalized spacial score (nSPS) is 16.1. The Labute approximate surface area is 118 Å². The molecule has 2 rings (SSSR count). The van der Waals surface area contributed by atoms with E-state index < -0.39 is 0 Å². The minimum absolute atomic E-state index is 0.138. The monoisotopic (exact) mass is 268 g/mol. The molecule has 0 radical (unpaired) electrons. The van der Waals surface area contributed by atoms with Crippen molar-refractivity contribution in [3.8, 4) is 12.1 Å². The lowest BCUT2D eigenvalue weighted by Crippen LogP contribution is -2.44. The molecule has 0 aliphatic carbocycles. The molecule has 1 heterocycles. The molecule has 1 aliphatic heterocycles. The summed E-state index contributed by atoms with van der Waals surface area (Å²) in [6.07, 6.45) is 1.71. The van der Waals surface area contributed by atoms with Crippen LogP contribution in [0, 0.1) is 22.7 Å². The molecule has 0 atom stereocenters. The Hall–Kier alpha value is -2.37. The molecule has 1 N–H and O–H groups in total. The van der Waals surface area contributed by atoms with Crippen LogP contribution in [0.2, 0.25) is 0 Å². The number of piperidine rings is 1. The van der Waals surface area contributed by atoms with Crippen molar-refractivity contribution in [2.75, 3.05) is 19.6 Å². The number of hydrogen-bond acceptors (Lipinski definition) is 4. The molecule has 1 aromatic carbocycles. The number of nitrogens with zero attached hydrogens (tertiary/aromatic N) is 3. The Morgan fingerprint density at radius 2 is 2.10 bits per heavy atom. The molecule has 102 valence electrons. The van der Waals surface area contributed by atoms with E-state index in [2.05, 4.69) is 16.3 Å². The van der Waals surface area contributed by atoms with E-state index in [1.165, 1.54) is 0 Å². The fourth-order valence-corrected chi connectivity index (χ4v) is 2.33. The highest BCUT2D eigenvalue weighted by atomic mass is 16.1. The van der Waals surface area contributed by atoms with E-state index in [1.54, 1.807) is 24.3 Å². The SMILES string of the molecule is N#CCN1CCC(NC(=O)c2cccc(C#N)c2)CC1. The summed E-state index contributed by atoms with van der Waals surface area (Å²) in [5.41, 5.74) is 1.00. The van der Waals surface area contributed by atoms with Crippen LogP contribution in [0.15, 0.2) is 24.3 Å². The van der Waals surface area contributed by atoms with Crippen LogP contribution in [0.3, 0.4) is 0 Å². The number of rotatable bonds is 3. The van der Waals surface area contributed by atoms with E-state index in [0.29, 0.717) is 17.7 Å². The van der Waals surface area contributed by atoms with Crippen LogP contribution in [0.5, 0.6) is 0 Å². The molecule has 1 saturated heterocycles. The second-order valence-corrected chi connectivity index (χ2v) is 4.87. The summed E-state index contributed by atoms with van der Waals surface area (Å²) in [5, 5.41) is 20.5. The fraction of sp³-hybridized carbons (Fsp3) is 0.400. The lowest BCUT2D eigenvalue weighted by Gasteiger charge is -2.30. The summed E-state index contributed by atoms with van der Waals surface area (Å²) in [6.45, 7) is 2.11. The van der Waals surface area contributed by atoms with Gasteiger partial charge in [0.2, 0.25) is 0 Å². The molecule has 1 amide bonds. The van der Waals surface area contributed by atoms with E-state index in [9.17, 15) is 4.79 Å². The minimum atomic E-state index is -0.138. The average Bonchev–Trinajstić information content (AvgIpc) is 2.49. The maximum absolute atomic E-state index is 12.1. The first-order valence-electron chi connectivity index (χ1n) is 6.63. The average molecular weight is 268 g/mol.